The van der Waals surface area contributed by atoms with Gasteiger partial charge in [0, 0.05) is 0 Å². The van der Waals surface area contributed by atoms with Gasteiger partial charge < -0.3 is 20.1 Å². The van der Waals surface area contributed by atoms with Crippen molar-refractivity contribution in [2.45, 2.75) is 57.2 Å². The van der Waals surface area contributed by atoms with E-state index in [-0.39, 0.29) is 18.2 Å². The standard InChI is InChI=1S/C16H26N2O4/c1-6-8-12(17-13(19)22-15(3,4)5)11-21-14(20)18-16(7-2)9-10-16/h6-7,12H,1-2,8-11H2,3-5H3,(H,17,19)(H,18,20). The van der Waals surface area contributed by atoms with Crippen LogP contribution in [-0.4, -0.2) is 36.0 Å². The molecule has 0 aromatic carbocycles. The SMILES string of the molecule is C=CCC(COC(=O)NC1(C=C)CC1)NC(=O)OC(C)(C)C. The first-order valence-electron chi connectivity index (χ1n) is 7.38. The summed E-state index contributed by atoms with van der Waals surface area (Å²) in [6.45, 7) is 12.7. The van der Waals surface area contributed by atoms with Crippen molar-refractivity contribution >= 4 is 12.2 Å². The average Bonchev–Trinajstić information content (AvgIpc) is 3.14. The van der Waals surface area contributed by atoms with Crippen molar-refractivity contribution < 1.29 is 19.1 Å². The molecule has 6 nitrogen and oxygen atoms in total. The van der Waals surface area contributed by atoms with Crippen molar-refractivity contribution in [3.63, 3.8) is 0 Å². The molecule has 0 heterocycles. The van der Waals surface area contributed by atoms with Crippen LogP contribution in [0.15, 0.2) is 25.3 Å². The maximum Gasteiger partial charge on any atom is 0.408 e. The normalized spacial score (nSPS) is 16.9. The summed E-state index contributed by atoms with van der Waals surface area (Å²) in [5.41, 5.74) is -0.896. The van der Waals surface area contributed by atoms with E-state index in [1.807, 2.05) is 0 Å². The molecule has 2 amide bonds. The van der Waals surface area contributed by atoms with E-state index < -0.39 is 17.8 Å². The molecule has 1 unspecified atom stereocenters. The van der Waals surface area contributed by atoms with Crippen molar-refractivity contribution in [3.05, 3.63) is 25.3 Å². The average molecular weight is 310 g/mol. The van der Waals surface area contributed by atoms with Crippen LogP contribution < -0.4 is 10.6 Å². The highest BCUT2D eigenvalue weighted by molar-refractivity contribution is 5.70. The lowest BCUT2D eigenvalue weighted by Gasteiger charge is -2.23. The number of amides is 2. The second-order valence-corrected chi connectivity index (χ2v) is 6.45. The number of carbonyl (C=O) groups excluding carboxylic acids is 2. The Hall–Kier alpha value is -1.98. The van der Waals surface area contributed by atoms with E-state index in [9.17, 15) is 9.59 Å². The van der Waals surface area contributed by atoms with Crippen LogP contribution >= 0.6 is 0 Å². The van der Waals surface area contributed by atoms with Crippen molar-refractivity contribution in [2.24, 2.45) is 0 Å². The second kappa shape index (κ2) is 7.33. The molecule has 1 aliphatic rings. The highest BCUT2D eigenvalue weighted by atomic mass is 16.6. The van der Waals surface area contributed by atoms with Crippen LogP contribution in [0.3, 0.4) is 0 Å². The lowest BCUT2D eigenvalue weighted by Crippen LogP contribution is -2.43. The molecular weight excluding hydrogens is 284 g/mol. The van der Waals surface area contributed by atoms with Gasteiger partial charge >= 0.3 is 12.2 Å². The van der Waals surface area contributed by atoms with Gasteiger partial charge in [-0.15, -0.1) is 13.2 Å². The lowest BCUT2D eigenvalue weighted by atomic mass is 10.2. The highest BCUT2D eigenvalue weighted by Crippen LogP contribution is 2.36. The molecule has 6 heteroatoms. The van der Waals surface area contributed by atoms with E-state index in [2.05, 4.69) is 23.8 Å². The van der Waals surface area contributed by atoms with Crippen LogP contribution in [0.1, 0.15) is 40.0 Å². The summed E-state index contributed by atoms with van der Waals surface area (Å²) in [5, 5.41) is 5.42. The van der Waals surface area contributed by atoms with E-state index in [1.54, 1.807) is 32.9 Å². The van der Waals surface area contributed by atoms with Gasteiger partial charge in [-0.25, -0.2) is 9.59 Å². The number of alkyl carbamates (subject to hydrolysis) is 2. The molecule has 2 N–H and O–H groups in total. The Kier molecular flexibility index (Phi) is 6.02. The van der Waals surface area contributed by atoms with Crippen LogP contribution in [-0.2, 0) is 9.47 Å². The van der Waals surface area contributed by atoms with Crippen LogP contribution in [0, 0.1) is 0 Å². The van der Waals surface area contributed by atoms with Crippen molar-refractivity contribution in [1.82, 2.24) is 10.6 Å². The minimum Gasteiger partial charge on any atom is -0.447 e. The summed E-state index contributed by atoms with van der Waals surface area (Å²) in [4.78, 5) is 23.5. The molecule has 0 bridgehead atoms. The third-order valence-electron chi connectivity index (χ3n) is 3.12. The molecule has 1 atom stereocenters. The van der Waals surface area contributed by atoms with E-state index in [0.717, 1.165) is 12.8 Å². The van der Waals surface area contributed by atoms with Crippen molar-refractivity contribution in [3.8, 4) is 0 Å². The molecule has 0 aromatic heterocycles. The molecule has 0 aromatic rings. The molecule has 1 saturated carbocycles. The molecule has 0 aliphatic heterocycles. The van der Waals surface area contributed by atoms with E-state index in [1.165, 1.54) is 0 Å². The summed E-state index contributed by atoms with van der Waals surface area (Å²) < 4.78 is 10.3. The van der Waals surface area contributed by atoms with Gasteiger partial charge in [0.05, 0.1) is 11.6 Å². The van der Waals surface area contributed by atoms with Crippen molar-refractivity contribution in [2.75, 3.05) is 6.61 Å². The zero-order chi connectivity index (χ0) is 16.8. The zero-order valence-electron chi connectivity index (χ0n) is 13.6. The Morgan fingerprint density at radius 3 is 2.36 bits per heavy atom. The quantitative estimate of drug-likeness (QED) is 0.709. The fourth-order valence-electron chi connectivity index (χ4n) is 1.77. The number of ether oxygens (including phenoxy) is 2. The van der Waals surface area contributed by atoms with Crippen molar-refractivity contribution in [1.29, 1.82) is 0 Å². The predicted molar refractivity (Wildman–Crippen MR) is 84.6 cm³/mol. The number of rotatable bonds is 7. The third kappa shape index (κ3) is 6.65. The van der Waals surface area contributed by atoms with Gasteiger partial charge in [0.1, 0.15) is 12.2 Å². The molecule has 124 valence electrons. The fraction of sp³-hybridized carbons (Fsp3) is 0.625. The van der Waals surface area contributed by atoms with E-state index in [4.69, 9.17) is 9.47 Å². The highest BCUT2D eigenvalue weighted by Gasteiger charge is 2.41. The molecule has 1 aliphatic carbocycles. The van der Waals surface area contributed by atoms with Crippen LogP contribution in [0.25, 0.3) is 0 Å². The smallest absolute Gasteiger partial charge is 0.408 e. The van der Waals surface area contributed by atoms with Gasteiger partial charge in [0.15, 0.2) is 0 Å². The minimum absolute atomic E-state index is 0.0460. The first kappa shape index (κ1) is 18.1. The summed E-state index contributed by atoms with van der Waals surface area (Å²) in [6.07, 6.45) is 4.52. The van der Waals surface area contributed by atoms with Gasteiger partial charge in [0.2, 0.25) is 0 Å². The molecule has 1 fully saturated rings. The van der Waals surface area contributed by atoms with Crippen LogP contribution in [0.2, 0.25) is 0 Å². The fourth-order valence-corrected chi connectivity index (χ4v) is 1.77. The Morgan fingerprint density at radius 1 is 1.27 bits per heavy atom. The minimum atomic E-state index is -0.580. The topological polar surface area (TPSA) is 76.7 Å². The summed E-state index contributed by atoms with van der Waals surface area (Å²) >= 11 is 0. The molecule has 22 heavy (non-hydrogen) atoms. The molecule has 1 rings (SSSR count). The summed E-state index contributed by atoms with van der Waals surface area (Å²) in [5.74, 6) is 0. The maximum absolute atomic E-state index is 11.7. The van der Waals surface area contributed by atoms with Crippen LogP contribution in [0.5, 0.6) is 0 Å². The number of nitrogens with one attached hydrogen (secondary N) is 2. The molecule has 0 spiro atoms. The second-order valence-electron chi connectivity index (χ2n) is 6.45. The predicted octanol–water partition coefficient (Wildman–Crippen LogP) is 2.90. The summed E-state index contributed by atoms with van der Waals surface area (Å²) in [6, 6.07) is -0.378. The van der Waals surface area contributed by atoms with E-state index >= 15 is 0 Å². The van der Waals surface area contributed by atoms with E-state index in [0.29, 0.717) is 6.42 Å². The largest absolute Gasteiger partial charge is 0.447 e. The third-order valence-corrected chi connectivity index (χ3v) is 3.12. The van der Waals surface area contributed by atoms with Gasteiger partial charge in [-0.3, -0.25) is 0 Å². The molecule has 0 radical (unpaired) electrons. The van der Waals surface area contributed by atoms with Gasteiger partial charge in [0.25, 0.3) is 0 Å². The van der Waals surface area contributed by atoms with Gasteiger partial charge in [-0.2, -0.15) is 0 Å². The van der Waals surface area contributed by atoms with Crippen LogP contribution in [0.4, 0.5) is 9.59 Å². The lowest BCUT2D eigenvalue weighted by molar-refractivity contribution is 0.0471. The van der Waals surface area contributed by atoms with Gasteiger partial charge in [-0.1, -0.05) is 12.2 Å². The first-order valence-corrected chi connectivity index (χ1v) is 7.38. The Balaban J connectivity index is 2.40. The number of carbonyl (C=O) groups is 2. The maximum atomic E-state index is 11.7. The zero-order valence-corrected chi connectivity index (χ0v) is 13.6. The Bertz CT molecular complexity index is 436. The summed E-state index contributed by atoms with van der Waals surface area (Å²) in [7, 11) is 0. The monoisotopic (exact) mass is 310 g/mol. The molecular formula is C16H26N2O4. The number of hydrogen-bond acceptors (Lipinski definition) is 4. The van der Waals surface area contributed by atoms with Gasteiger partial charge in [-0.05, 0) is 40.0 Å². The number of hydrogen-bond donors (Lipinski definition) is 2. The molecule has 0 saturated heterocycles. The Morgan fingerprint density at radius 2 is 1.91 bits per heavy atom. The first-order chi connectivity index (χ1) is 10.2. The Labute approximate surface area is 131 Å².